The molecule has 0 bridgehead atoms. The maximum absolute atomic E-state index is 5.98. The molecule has 5 nitrogen and oxygen atoms in total. The smallest absolute Gasteiger partial charge is 0.0912 e. The number of halogens is 1. The van der Waals surface area contributed by atoms with Crippen molar-refractivity contribution in [1.29, 1.82) is 0 Å². The van der Waals surface area contributed by atoms with E-state index in [1.807, 2.05) is 10.9 Å². The molecule has 1 aromatic heterocycles. The molecule has 6 heteroatoms. The molecule has 1 aliphatic heterocycles. The minimum absolute atomic E-state index is 0.164. The van der Waals surface area contributed by atoms with Crippen LogP contribution in [0.15, 0.2) is 10.7 Å². The number of nitrogens with one attached hydrogen (secondary N) is 1. The van der Waals surface area contributed by atoms with E-state index < -0.39 is 0 Å². The van der Waals surface area contributed by atoms with E-state index in [-0.39, 0.29) is 12.1 Å². The predicted octanol–water partition coefficient (Wildman–Crippen LogP) is 1.65. The van der Waals surface area contributed by atoms with Gasteiger partial charge in [0.25, 0.3) is 0 Å². The van der Waals surface area contributed by atoms with Crippen LogP contribution in [-0.2, 0) is 11.3 Å². The average Bonchev–Trinajstić information content (AvgIpc) is 2.77. The lowest BCUT2D eigenvalue weighted by atomic mass is 10.1. The van der Waals surface area contributed by atoms with Crippen molar-refractivity contribution in [3.05, 3.63) is 16.4 Å². The van der Waals surface area contributed by atoms with Crippen LogP contribution in [0.2, 0.25) is 0 Å². The van der Waals surface area contributed by atoms with Crippen LogP contribution in [0.1, 0.15) is 25.6 Å². The third-order valence-corrected chi connectivity index (χ3v) is 4.13. The van der Waals surface area contributed by atoms with Gasteiger partial charge in [0.1, 0.15) is 0 Å². The Labute approximate surface area is 123 Å². The molecular weight excluding hydrogens is 308 g/mol. The van der Waals surface area contributed by atoms with Crippen LogP contribution in [0.4, 0.5) is 0 Å². The van der Waals surface area contributed by atoms with Crippen LogP contribution >= 0.6 is 15.9 Å². The van der Waals surface area contributed by atoms with Gasteiger partial charge in [-0.05, 0) is 36.4 Å². The minimum Gasteiger partial charge on any atom is -0.374 e. The Morgan fingerprint density at radius 2 is 2.37 bits per heavy atom. The summed E-state index contributed by atoms with van der Waals surface area (Å²) in [5.74, 6) is 0. The molecule has 2 rings (SSSR count). The number of aryl methyl sites for hydroxylation is 1. The summed E-state index contributed by atoms with van der Waals surface area (Å²) in [6.45, 7) is 8.75. The Kier molecular flexibility index (Phi) is 5.38. The summed E-state index contributed by atoms with van der Waals surface area (Å²) in [5, 5.41) is 7.96. The molecule has 1 aliphatic rings. The zero-order chi connectivity index (χ0) is 13.8. The summed E-state index contributed by atoms with van der Waals surface area (Å²) in [7, 11) is 2.14. The SMILES string of the molecule is CCNC(c1c(Br)cnn1CC)C1CN(C)CCO1. The third kappa shape index (κ3) is 3.37. The second kappa shape index (κ2) is 6.83. The van der Waals surface area contributed by atoms with Gasteiger partial charge in [-0.1, -0.05) is 6.92 Å². The lowest BCUT2D eigenvalue weighted by Crippen LogP contribution is -2.47. The Bertz CT molecular complexity index is 409. The molecule has 2 unspecified atom stereocenters. The fourth-order valence-electron chi connectivity index (χ4n) is 2.57. The topological polar surface area (TPSA) is 42.3 Å². The van der Waals surface area contributed by atoms with Gasteiger partial charge in [-0.15, -0.1) is 0 Å². The van der Waals surface area contributed by atoms with Gasteiger partial charge < -0.3 is 15.0 Å². The predicted molar refractivity (Wildman–Crippen MR) is 79.3 cm³/mol. The molecule has 1 N–H and O–H groups in total. The van der Waals surface area contributed by atoms with E-state index in [4.69, 9.17) is 4.74 Å². The monoisotopic (exact) mass is 330 g/mol. The van der Waals surface area contributed by atoms with Gasteiger partial charge in [0.2, 0.25) is 0 Å². The summed E-state index contributed by atoms with van der Waals surface area (Å²) < 4.78 is 9.07. The largest absolute Gasteiger partial charge is 0.374 e. The fraction of sp³-hybridized carbons (Fsp3) is 0.769. The first kappa shape index (κ1) is 15.0. The summed E-state index contributed by atoms with van der Waals surface area (Å²) in [4.78, 5) is 2.32. The molecule has 1 saturated heterocycles. The molecule has 1 fully saturated rings. The van der Waals surface area contributed by atoms with Crippen LogP contribution in [-0.4, -0.2) is 54.1 Å². The lowest BCUT2D eigenvalue weighted by molar-refractivity contribution is -0.0405. The van der Waals surface area contributed by atoms with E-state index in [2.05, 4.69) is 52.1 Å². The van der Waals surface area contributed by atoms with E-state index in [9.17, 15) is 0 Å². The van der Waals surface area contributed by atoms with Gasteiger partial charge in [0, 0.05) is 19.6 Å². The summed E-state index contributed by atoms with van der Waals surface area (Å²) in [6.07, 6.45) is 2.03. The Hall–Kier alpha value is -0.430. The molecule has 0 aliphatic carbocycles. The summed E-state index contributed by atoms with van der Waals surface area (Å²) >= 11 is 3.62. The minimum atomic E-state index is 0.164. The van der Waals surface area contributed by atoms with E-state index in [0.29, 0.717) is 0 Å². The summed E-state index contributed by atoms with van der Waals surface area (Å²) in [5.41, 5.74) is 1.18. The first-order chi connectivity index (χ1) is 9.17. The van der Waals surface area contributed by atoms with E-state index in [1.165, 1.54) is 5.69 Å². The molecule has 2 atom stereocenters. The van der Waals surface area contributed by atoms with Crippen LogP contribution in [0.3, 0.4) is 0 Å². The number of ether oxygens (including phenoxy) is 1. The fourth-order valence-corrected chi connectivity index (χ4v) is 3.11. The second-order valence-electron chi connectivity index (χ2n) is 4.90. The van der Waals surface area contributed by atoms with E-state index in [0.717, 1.165) is 37.3 Å². The van der Waals surface area contributed by atoms with Gasteiger partial charge >= 0.3 is 0 Å². The Morgan fingerprint density at radius 1 is 1.58 bits per heavy atom. The second-order valence-corrected chi connectivity index (χ2v) is 5.75. The van der Waals surface area contributed by atoms with Crippen LogP contribution in [0.25, 0.3) is 0 Å². The normalized spacial score (nSPS) is 22.6. The van der Waals surface area contributed by atoms with Crippen molar-refractivity contribution in [2.45, 2.75) is 32.5 Å². The number of hydrogen-bond donors (Lipinski definition) is 1. The average molecular weight is 331 g/mol. The number of likely N-dealkylation sites (N-methyl/N-ethyl adjacent to an activating group) is 2. The van der Waals surface area contributed by atoms with Crippen LogP contribution in [0.5, 0.6) is 0 Å². The molecule has 1 aromatic rings. The third-order valence-electron chi connectivity index (χ3n) is 3.52. The van der Waals surface area contributed by atoms with E-state index in [1.54, 1.807) is 0 Å². The zero-order valence-electron chi connectivity index (χ0n) is 11.9. The highest BCUT2D eigenvalue weighted by atomic mass is 79.9. The lowest BCUT2D eigenvalue weighted by Gasteiger charge is -2.35. The molecular formula is C13H23BrN4O. The zero-order valence-corrected chi connectivity index (χ0v) is 13.5. The van der Waals surface area contributed by atoms with E-state index >= 15 is 0 Å². The van der Waals surface area contributed by atoms with Crippen molar-refractivity contribution < 1.29 is 4.74 Å². The summed E-state index contributed by atoms with van der Waals surface area (Å²) in [6, 6.07) is 0.171. The van der Waals surface area contributed by atoms with Crippen LogP contribution < -0.4 is 5.32 Å². The van der Waals surface area contributed by atoms with Crippen molar-refractivity contribution in [3.8, 4) is 0 Å². The number of hydrogen-bond acceptors (Lipinski definition) is 4. The maximum atomic E-state index is 5.98. The quantitative estimate of drug-likeness (QED) is 0.891. The number of aromatic nitrogens is 2. The highest BCUT2D eigenvalue weighted by Crippen LogP contribution is 2.28. The molecule has 0 spiro atoms. The molecule has 0 saturated carbocycles. The molecule has 0 amide bonds. The standard InChI is InChI=1S/C13H23BrN4O/c1-4-15-12(11-9-17(3)6-7-19-11)13-10(14)8-16-18(13)5-2/h8,11-12,15H,4-7,9H2,1-3H3. The van der Waals surface area contributed by atoms with Crippen LogP contribution in [0, 0.1) is 0 Å². The van der Waals surface area contributed by atoms with Crippen molar-refractivity contribution in [3.63, 3.8) is 0 Å². The first-order valence-electron chi connectivity index (χ1n) is 6.92. The Balaban J connectivity index is 2.25. The highest BCUT2D eigenvalue weighted by Gasteiger charge is 2.31. The molecule has 0 aromatic carbocycles. The Morgan fingerprint density at radius 3 is 3.00 bits per heavy atom. The molecule has 108 valence electrons. The molecule has 2 heterocycles. The first-order valence-corrected chi connectivity index (χ1v) is 7.71. The van der Waals surface area contributed by atoms with Crippen molar-refractivity contribution in [1.82, 2.24) is 20.0 Å². The number of rotatable bonds is 5. The molecule has 0 radical (unpaired) electrons. The number of morpholine rings is 1. The highest BCUT2D eigenvalue weighted by molar-refractivity contribution is 9.10. The van der Waals surface area contributed by atoms with Gasteiger partial charge in [-0.3, -0.25) is 4.68 Å². The van der Waals surface area contributed by atoms with Crippen molar-refractivity contribution in [2.24, 2.45) is 0 Å². The number of nitrogens with zero attached hydrogens (tertiary/aromatic N) is 3. The van der Waals surface area contributed by atoms with Crippen molar-refractivity contribution in [2.75, 3.05) is 33.3 Å². The van der Waals surface area contributed by atoms with Gasteiger partial charge in [-0.25, -0.2) is 0 Å². The van der Waals surface area contributed by atoms with Gasteiger partial charge in [0.05, 0.1) is 35.1 Å². The van der Waals surface area contributed by atoms with Gasteiger partial charge in [0.15, 0.2) is 0 Å². The molecule has 19 heavy (non-hydrogen) atoms. The maximum Gasteiger partial charge on any atom is 0.0912 e. The van der Waals surface area contributed by atoms with Crippen molar-refractivity contribution >= 4 is 15.9 Å². The van der Waals surface area contributed by atoms with Gasteiger partial charge in [-0.2, -0.15) is 5.10 Å².